The van der Waals surface area contributed by atoms with E-state index in [1.165, 1.54) is 18.4 Å². The van der Waals surface area contributed by atoms with Crippen LogP contribution in [0.3, 0.4) is 0 Å². The highest BCUT2D eigenvalue weighted by Gasteiger charge is 2.22. The Morgan fingerprint density at radius 3 is 2.70 bits per heavy atom. The number of nitrogens with one attached hydrogen (secondary N) is 1. The van der Waals surface area contributed by atoms with Crippen LogP contribution in [0.5, 0.6) is 0 Å². The topological polar surface area (TPSA) is 85.3 Å². The van der Waals surface area contributed by atoms with Crippen LogP contribution in [0.4, 0.5) is 5.69 Å². The van der Waals surface area contributed by atoms with E-state index in [1.54, 1.807) is 26.0 Å². The molecule has 2 aromatic rings. The van der Waals surface area contributed by atoms with Gasteiger partial charge in [0.25, 0.3) is 0 Å². The van der Waals surface area contributed by atoms with Crippen LogP contribution in [0.25, 0.3) is 0 Å². The number of hydrogen-bond acceptors (Lipinski definition) is 4. The van der Waals surface area contributed by atoms with Crippen molar-refractivity contribution in [1.29, 1.82) is 0 Å². The van der Waals surface area contributed by atoms with Gasteiger partial charge in [-0.3, -0.25) is 0 Å². The molecule has 1 aromatic heterocycles. The molecule has 0 fully saturated rings. The molecule has 1 aromatic carbocycles. The molecule has 0 aliphatic rings. The van der Waals surface area contributed by atoms with Gasteiger partial charge < -0.3 is 10.2 Å². The number of aryl methyl sites for hydroxylation is 1. The largest absolute Gasteiger partial charge is 0.468 e. The molecule has 0 saturated carbocycles. The van der Waals surface area contributed by atoms with Crippen molar-refractivity contribution in [3.05, 3.63) is 46.9 Å². The van der Waals surface area contributed by atoms with Crippen molar-refractivity contribution in [2.45, 2.75) is 24.8 Å². The third kappa shape index (κ3) is 2.98. The highest BCUT2D eigenvalue weighted by molar-refractivity contribution is 7.89. The van der Waals surface area contributed by atoms with Crippen molar-refractivity contribution in [1.82, 2.24) is 4.72 Å². The molecule has 0 saturated heterocycles. The van der Waals surface area contributed by atoms with Gasteiger partial charge in [-0.15, -0.1) is 0 Å². The van der Waals surface area contributed by atoms with Gasteiger partial charge >= 0.3 is 0 Å². The van der Waals surface area contributed by atoms with E-state index >= 15 is 0 Å². The number of rotatable bonds is 4. The Bertz CT molecular complexity index is 711. The van der Waals surface area contributed by atoms with Crippen LogP contribution in [-0.4, -0.2) is 8.42 Å². The van der Waals surface area contributed by atoms with Gasteiger partial charge in [0.1, 0.15) is 5.76 Å². The minimum absolute atomic E-state index is 0.109. The van der Waals surface area contributed by atoms with Gasteiger partial charge in [0.15, 0.2) is 0 Å². The molecule has 108 valence electrons. The molecule has 0 bridgehead atoms. The van der Waals surface area contributed by atoms with Crippen molar-refractivity contribution in [2.75, 3.05) is 5.73 Å². The van der Waals surface area contributed by atoms with Gasteiger partial charge in [-0.2, -0.15) is 0 Å². The van der Waals surface area contributed by atoms with E-state index < -0.39 is 16.1 Å². The average molecular weight is 315 g/mol. The Kier molecular flexibility index (Phi) is 4.08. The lowest BCUT2D eigenvalue weighted by atomic mass is 10.2. The summed E-state index contributed by atoms with van der Waals surface area (Å²) in [6, 6.07) is 5.81. The lowest BCUT2D eigenvalue weighted by molar-refractivity contribution is 0.459. The average Bonchev–Trinajstić information content (AvgIpc) is 2.86. The summed E-state index contributed by atoms with van der Waals surface area (Å²) in [5, 5.41) is 0.334. The maximum Gasteiger partial charge on any atom is 0.241 e. The molecule has 3 N–H and O–H groups in total. The predicted octanol–water partition coefficient (Wildman–Crippen LogP) is 2.86. The molecule has 20 heavy (non-hydrogen) atoms. The zero-order chi connectivity index (χ0) is 14.9. The summed E-state index contributed by atoms with van der Waals surface area (Å²) in [5.41, 5.74) is 6.43. The van der Waals surface area contributed by atoms with Crippen LogP contribution in [0.1, 0.15) is 24.3 Å². The number of furan rings is 1. The fourth-order valence-electron chi connectivity index (χ4n) is 1.85. The number of halogens is 1. The Hall–Kier alpha value is -1.50. The summed E-state index contributed by atoms with van der Waals surface area (Å²) in [5.74, 6) is 0.535. The molecule has 7 heteroatoms. The van der Waals surface area contributed by atoms with Gasteiger partial charge in [0.05, 0.1) is 27.9 Å². The number of nitrogens with two attached hydrogens (primary N) is 1. The van der Waals surface area contributed by atoms with E-state index in [0.717, 1.165) is 0 Å². The fourth-order valence-corrected chi connectivity index (χ4v) is 3.54. The quantitative estimate of drug-likeness (QED) is 0.850. The molecule has 5 nitrogen and oxygen atoms in total. The van der Waals surface area contributed by atoms with Crippen LogP contribution in [0, 0.1) is 6.92 Å². The van der Waals surface area contributed by atoms with Gasteiger partial charge in [0.2, 0.25) is 10.0 Å². The van der Waals surface area contributed by atoms with E-state index in [2.05, 4.69) is 4.72 Å². The molecule has 0 aliphatic heterocycles. The Labute approximate surface area is 122 Å². The molecule has 1 atom stereocenters. The Morgan fingerprint density at radius 2 is 2.10 bits per heavy atom. The molecule has 0 amide bonds. The minimum Gasteiger partial charge on any atom is -0.468 e. The van der Waals surface area contributed by atoms with Crippen molar-refractivity contribution < 1.29 is 12.8 Å². The van der Waals surface area contributed by atoms with E-state index in [4.69, 9.17) is 21.8 Å². The van der Waals surface area contributed by atoms with Crippen LogP contribution >= 0.6 is 11.6 Å². The number of sulfonamides is 1. The van der Waals surface area contributed by atoms with E-state index in [-0.39, 0.29) is 10.6 Å². The lowest BCUT2D eigenvalue weighted by Gasteiger charge is -2.14. The molecular formula is C13H15ClN2O3S. The molecule has 0 spiro atoms. The van der Waals surface area contributed by atoms with Crippen molar-refractivity contribution >= 4 is 27.3 Å². The van der Waals surface area contributed by atoms with Crippen LogP contribution in [0.2, 0.25) is 5.02 Å². The normalized spacial score (nSPS) is 13.3. The van der Waals surface area contributed by atoms with Crippen molar-refractivity contribution in [3.8, 4) is 0 Å². The van der Waals surface area contributed by atoms with Crippen molar-refractivity contribution in [3.63, 3.8) is 0 Å². The zero-order valence-corrected chi connectivity index (χ0v) is 12.6. The number of benzene rings is 1. The summed E-state index contributed by atoms with van der Waals surface area (Å²) >= 11 is 5.87. The Balaban J connectivity index is 2.34. The smallest absolute Gasteiger partial charge is 0.241 e. The first-order valence-corrected chi connectivity index (χ1v) is 7.78. The van der Waals surface area contributed by atoms with E-state index in [9.17, 15) is 8.42 Å². The van der Waals surface area contributed by atoms with Crippen LogP contribution in [-0.2, 0) is 10.0 Å². The molecule has 2 rings (SSSR count). The SMILES string of the molecule is Cc1cc(Cl)c(N)cc1S(=O)(=O)NC(C)c1ccco1. The molecule has 1 unspecified atom stereocenters. The third-order valence-electron chi connectivity index (χ3n) is 2.89. The first-order chi connectivity index (χ1) is 9.31. The highest BCUT2D eigenvalue weighted by atomic mass is 35.5. The second-order valence-electron chi connectivity index (χ2n) is 4.50. The Morgan fingerprint density at radius 1 is 1.40 bits per heavy atom. The summed E-state index contributed by atoms with van der Waals surface area (Å²) < 4.78 is 32.5. The number of nitrogen functional groups attached to an aromatic ring is 1. The van der Waals surface area contributed by atoms with Gasteiger partial charge in [-0.1, -0.05) is 11.6 Å². The number of anilines is 1. The molecular weight excluding hydrogens is 300 g/mol. The van der Waals surface area contributed by atoms with Crippen molar-refractivity contribution in [2.24, 2.45) is 0 Å². The molecule has 1 heterocycles. The summed E-state index contributed by atoms with van der Waals surface area (Å²) in [6.07, 6.45) is 1.49. The second kappa shape index (κ2) is 5.47. The summed E-state index contributed by atoms with van der Waals surface area (Å²) in [7, 11) is -3.70. The zero-order valence-electron chi connectivity index (χ0n) is 11.1. The summed E-state index contributed by atoms with van der Waals surface area (Å²) in [6.45, 7) is 3.36. The first kappa shape index (κ1) is 14.9. The standard InChI is InChI=1S/C13H15ClN2O3S/c1-8-6-10(14)11(15)7-13(8)20(17,18)16-9(2)12-4-3-5-19-12/h3-7,9,16H,15H2,1-2H3. The molecule has 0 radical (unpaired) electrons. The predicted molar refractivity (Wildman–Crippen MR) is 78.0 cm³/mol. The first-order valence-electron chi connectivity index (χ1n) is 5.92. The monoisotopic (exact) mass is 314 g/mol. The highest BCUT2D eigenvalue weighted by Crippen LogP contribution is 2.27. The van der Waals surface area contributed by atoms with E-state index in [1.807, 2.05) is 0 Å². The van der Waals surface area contributed by atoms with Gasteiger partial charge in [-0.05, 0) is 43.7 Å². The van der Waals surface area contributed by atoms with Gasteiger partial charge in [-0.25, -0.2) is 13.1 Å². The third-order valence-corrected chi connectivity index (χ3v) is 4.90. The lowest BCUT2D eigenvalue weighted by Crippen LogP contribution is -2.27. The van der Waals surface area contributed by atoms with Gasteiger partial charge in [0, 0.05) is 0 Å². The fraction of sp³-hybridized carbons (Fsp3) is 0.231. The maximum atomic E-state index is 12.4. The maximum absolute atomic E-state index is 12.4. The molecule has 0 aliphatic carbocycles. The number of hydrogen-bond donors (Lipinski definition) is 2. The summed E-state index contributed by atoms with van der Waals surface area (Å²) in [4.78, 5) is 0.109. The minimum atomic E-state index is -3.70. The van der Waals surface area contributed by atoms with E-state index in [0.29, 0.717) is 16.3 Å². The van der Waals surface area contributed by atoms with Crippen LogP contribution < -0.4 is 10.5 Å². The second-order valence-corrected chi connectivity index (χ2v) is 6.59. The van der Waals surface area contributed by atoms with Crippen LogP contribution in [0.15, 0.2) is 39.8 Å².